The Morgan fingerprint density at radius 1 is 1.38 bits per heavy atom. The van der Waals surface area contributed by atoms with Gasteiger partial charge in [0, 0.05) is 31.1 Å². The lowest BCUT2D eigenvalue weighted by atomic mass is 10.1. The van der Waals surface area contributed by atoms with E-state index in [-0.39, 0.29) is 30.1 Å². The number of morpholine rings is 1. The summed E-state index contributed by atoms with van der Waals surface area (Å²) in [6, 6.07) is 4.66. The molecule has 2 N–H and O–H groups in total. The molecule has 2 unspecified atom stereocenters. The molecule has 3 heterocycles. The first-order chi connectivity index (χ1) is 13.8. The first-order valence-electron chi connectivity index (χ1n) is 10.4. The van der Waals surface area contributed by atoms with Crippen molar-refractivity contribution < 1.29 is 9.47 Å². The van der Waals surface area contributed by atoms with Gasteiger partial charge in [0.25, 0.3) is 0 Å². The van der Waals surface area contributed by atoms with Crippen LogP contribution in [0.3, 0.4) is 0 Å². The minimum absolute atomic E-state index is 0. The number of nitrogens with one attached hydrogen (secondary N) is 2. The molecule has 2 atom stereocenters. The lowest BCUT2D eigenvalue weighted by Crippen LogP contribution is -2.44. The number of aliphatic imine (C=N–C) groups is 1. The van der Waals surface area contributed by atoms with Gasteiger partial charge in [-0.1, -0.05) is 17.7 Å². The molecule has 0 bridgehead atoms. The van der Waals surface area contributed by atoms with Gasteiger partial charge >= 0.3 is 0 Å². The second-order valence-corrected chi connectivity index (χ2v) is 8.27. The van der Waals surface area contributed by atoms with Gasteiger partial charge in [0.05, 0.1) is 38.5 Å². The van der Waals surface area contributed by atoms with Crippen LogP contribution in [0, 0.1) is 0 Å². The number of rotatable bonds is 8. The normalized spacial score (nSPS) is 21.8. The minimum atomic E-state index is 0. The summed E-state index contributed by atoms with van der Waals surface area (Å²) in [5.41, 5.74) is 1.48. The number of halogens is 1. The highest BCUT2D eigenvalue weighted by Crippen LogP contribution is 2.27. The van der Waals surface area contributed by atoms with E-state index >= 15 is 0 Å². The Kier molecular flexibility index (Phi) is 11.5. The highest BCUT2D eigenvalue weighted by molar-refractivity contribution is 14.0. The molecule has 1 aromatic rings. The molecule has 0 amide bonds. The third-order valence-electron chi connectivity index (χ3n) is 5.15. The second-order valence-electron chi connectivity index (χ2n) is 7.29. The molecule has 0 saturated carbocycles. The van der Waals surface area contributed by atoms with Crippen LogP contribution in [0.2, 0.25) is 0 Å². The van der Waals surface area contributed by atoms with Crippen LogP contribution in [-0.4, -0.2) is 69.5 Å². The fourth-order valence-corrected chi connectivity index (χ4v) is 4.50. The Bertz CT molecular complexity index is 639. The van der Waals surface area contributed by atoms with Crippen LogP contribution >= 0.6 is 35.3 Å². The maximum Gasteiger partial charge on any atom is 0.191 e. The van der Waals surface area contributed by atoms with E-state index in [1.807, 2.05) is 11.3 Å². The van der Waals surface area contributed by atoms with Gasteiger partial charge in [0.1, 0.15) is 0 Å². The smallest absolute Gasteiger partial charge is 0.191 e. The molecular formula is C21H35IN4O2S. The summed E-state index contributed by atoms with van der Waals surface area (Å²) in [5.74, 6) is 0.901. The Hall–Kier alpha value is -0.680. The van der Waals surface area contributed by atoms with Gasteiger partial charge < -0.3 is 20.1 Å². The van der Waals surface area contributed by atoms with Gasteiger partial charge in [-0.15, -0.1) is 35.3 Å². The Morgan fingerprint density at radius 2 is 2.28 bits per heavy atom. The number of nitrogens with zero attached hydrogens (tertiary/aromatic N) is 2. The molecule has 0 aliphatic carbocycles. The van der Waals surface area contributed by atoms with Gasteiger partial charge in [-0.05, 0) is 38.1 Å². The van der Waals surface area contributed by atoms with E-state index in [4.69, 9.17) is 14.5 Å². The molecule has 0 radical (unpaired) electrons. The van der Waals surface area contributed by atoms with Gasteiger partial charge in [0.15, 0.2) is 5.96 Å². The summed E-state index contributed by atoms with van der Waals surface area (Å²) in [6.07, 6.45) is 4.58. The fourth-order valence-electron chi connectivity index (χ4n) is 3.65. The first-order valence-corrected chi connectivity index (χ1v) is 11.3. The van der Waals surface area contributed by atoms with Crippen molar-refractivity contribution in [3.8, 4) is 0 Å². The van der Waals surface area contributed by atoms with Crippen molar-refractivity contribution in [2.75, 3.05) is 52.5 Å². The molecule has 8 heteroatoms. The SMILES string of the molecule is CCNC(=NCC(c1cccs1)N1CCOC(C)C1)NCCC1=CCOCC1.I. The largest absolute Gasteiger partial charge is 0.377 e. The van der Waals surface area contributed by atoms with Crippen molar-refractivity contribution in [2.24, 2.45) is 4.99 Å². The molecule has 2 aliphatic heterocycles. The van der Waals surface area contributed by atoms with Crippen LogP contribution in [0.25, 0.3) is 0 Å². The summed E-state index contributed by atoms with van der Waals surface area (Å²) in [7, 11) is 0. The molecule has 0 aromatic carbocycles. The van der Waals surface area contributed by atoms with Gasteiger partial charge in [0.2, 0.25) is 0 Å². The Balaban J connectivity index is 0.00000300. The molecule has 0 spiro atoms. The van der Waals surface area contributed by atoms with Crippen LogP contribution in [0.15, 0.2) is 34.2 Å². The third kappa shape index (κ3) is 8.16. The van der Waals surface area contributed by atoms with Crippen LogP contribution in [0.1, 0.15) is 37.6 Å². The summed E-state index contributed by atoms with van der Waals surface area (Å²) in [4.78, 5) is 8.82. The molecule has 29 heavy (non-hydrogen) atoms. The molecule has 1 aromatic heterocycles. The maximum absolute atomic E-state index is 5.74. The van der Waals surface area contributed by atoms with E-state index in [0.29, 0.717) is 6.04 Å². The van der Waals surface area contributed by atoms with Crippen LogP contribution in [0.5, 0.6) is 0 Å². The zero-order chi connectivity index (χ0) is 19.6. The van der Waals surface area contributed by atoms with Crippen LogP contribution in [0.4, 0.5) is 0 Å². The molecule has 3 rings (SSSR count). The monoisotopic (exact) mass is 534 g/mol. The zero-order valence-corrected chi connectivity index (χ0v) is 20.7. The lowest BCUT2D eigenvalue weighted by Gasteiger charge is -2.36. The van der Waals surface area contributed by atoms with Gasteiger partial charge in [-0.2, -0.15) is 0 Å². The quantitative estimate of drug-likeness (QED) is 0.232. The van der Waals surface area contributed by atoms with Gasteiger partial charge in [-0.3, -0.25) is 9.89 Å². The van der Waals surface area contributed by atoms with Crippen LogP contribution in [-0.2, 0) is 9.47 Å². The fraction of sp³-hybridized carbons (Fsp3) is 0.667. The number of hydrogen-bond donors (Lipinski definition) is 2. The summed E-state index contributed by atoms with van der Waals surface area (Å²) >= 11 is 1.82. The molecular weight excluding hydrogens is 499 g/mol. The second kappa shape index (κ2) is 13.6. The van der Waals surface area contributed by atoms with Gasteiger partial charge in [-0.25, -0.2) is 0 Å². The number of ether oxygens (including phenoxy) is 2. The summed E-state index contributed by atoms with van der Waals surface area (Å²) in [5, 5.41) is 9.04. The standard InChI is InChI=1S/C21H34N4O2S.HI/c1-3-22-21(23-9-6-18-7-11-26-12-8-18)24-15-19(20-5-4-14-28-20)25-10-13-27-17(2)16-25;/h4-5,7,14,17,19H,3,6,8-13,15-16H2,1-2H3,(H2,22,23,24);1H. The summed E-state index contributed by atoms with van der Waals surface area (Å²) < 4.78 is 11.1. The van der Waals surface area contributed by atoms with Crippen molar-refractivity contribution in [1.29, 1.82) is 0 Å². The number of thiophene rings is 1. The molecule has 1 saturated heterocycles. The average molecular weight is 535 g/mol. The van der Waals surface area contributed by atoms with E-state index in [1.54, 1.807) is 0 Å². The van der Waals surface area contributed by atoms with Crippen LogP contribution < -0.4 is 10.6 Å². The topological polar surface area (TPSA) is 58.1 Å². The van der Waals surface area contributed by atoms with Crippen molar-refractivity contribution in [3.63, 3.8) is 0 Å². The highest BCUT2D eigenvalue weighted by Gasteiger charge is 2.26. The predicted octanol–water partition coefficient (Wildman–Crippen LogP) is 3.42. The van der Waals surface area contributed by atoms with E-state index in [2.05, 4.69) is 53.0 Å². The Morgan fingerprint density at radius 3 is 2.97 bits per heavy atom. The van der Waals surface area contributed by atoms with Crippen molar-refractivity contribution in [3.05, 3.63) is 34.0 Å². The average Bonchev–Trinajstić information content (AvgIpc) is 3.23. The van der Waals surface area contributed by atoms with Crippen molar-refractivity contribution in [2.45, 2.75) is 38.8 Å². The molecule has 1 fully saturated rings. The van der Waals surface area contributed by atoms with E-state index in [9.17, 15) is 0 Å². The molecule has 6 nitrogen and oxygen atoms in total. The summed E-state index contributed by atoms with van der Waals surface area (Å²) in [6.45, 7) is 11.1. The molecule has 164 valence electrons. The van der Waals surface area contributed by atoms with Crippen molar-refractivity contribution >= 4 is 41.3 Å². The minimum Gasteiger partial charge on any atom is -0.377 e. The van der Waals surface area contributed by atoms with E-state index in [1.165, 1.54) is 10.5 Å². The molecule has 2 aliphatic rings. The van der Waals surface area contributed by atoms with Crippen molar-refractivity contribution in [1.82, 2.24) is 15.5 Å². The highest BCUT2D eigenvalue weighted by atomic mass is 127. The van der Waals surface area contributed by atoms with E-state index in [0.717, 1.165) is 71.3 Å². The Labute approximate surface area is 196 Å². The first kappa shape index (κ1) is 24.6. The predicted molar refractivity (Wildman–Crippen MR) is 132 cm³/mol. The third-order valence-corrected chi connectivity index (χ3v) is 6.12. The lowest BCUT2D eigenvalue weighted by molar-refractivity contribution is -0.0327. The number of hydrogen-bond acceptors (Lipinski definition) is 5. The zero-order valence-electron chi connectivity index (χ0n) is 17.6. The number of guanidine groups is 1. The maximum atomic E-state index is 5.74. The van der Waals surface area contributed by atoms with E-state index < -0.39 is 0 Å².